The number of carbonyl (C=O) groups is 1. The number of quaternary nitrogens is 1. The van der Waals surface area contributed by atoms with Gasteiger partial charge in [-0.25, -0.2) is 0 Å². The SMILES string of the molecule is C[C@@H](Oc1ccc(Cl)cc1Cl)C(=O)Nc1ccc(N2CC[NH+](C)CC2)cc1. The minimum atomic E-state index is -0.691. The third kappa shape index (κ3) is 5.28. The van der Waals surface area contributed by atoms with Gasteiger partial charge in [0.1, 0.15) is 5.75 Å². The fourth-order valence-electron chi connectivity index (χ4n) is 2.96. The lowest BCUT2D eigenvalue weighted by Gasteiger charge is -2.31. The minimum absolute atomic E-state index is 0.239. The molecule has 1 aliphatic heterocycles. The van der Waals surface area contributed by atoms with Crippen molar-refractivity contribution in [1.82, 2.24) is 0 Å². The quantitative estimate of drug-likeness (QED) is 0.799. The Labute approximate surface area is 169 Å². The molecule has 1 heterocycles. The zero-order valence-corrected chi connectivity index (χ0v) is 17.0. The number of anilines is 2. The van der Waals surface area contributed by atoms with E-state index in [0.717, 1.165) is 31.9 Å². The predicted molar refractivity (Wildman–Crippen MR) is 110 cm³/mol. The molecule has 0 aromatic heterocycles. The highest BCUT2D eigenvalue weighted by atomic mass is 35.5. The molecule has 2 N–H and O–H groups in total. The molecule has 3 rings (SSSR count). The highest BCUT2D eigenvalue weighted by Crippen LogP contribution is 2.28. The average Bonchev–Trinajstić information content (AvgIpc) is 2.65. The number of rotatable bonds is 5. The van der Waals surface area contributed by atoms with E-state index in [-0.39, 0.29) is 5.91 Å². The Hall–Kier alpha value is -1.95. The van der Waals surface area contributed by atoms with Gasteiger partial charge in [0.05, 0.1) is 38.2 Å². The minimum Gasteiger partial charge on any atom is -0.479 e. The fraction of sp³-hybridized carbons (Fsp3) is 0.350. The van der Waals surface area contributed by atoms with Crippen LogP contribution in [0.5, 0.6) is 5.75 Å². The van der Waals surface area contributed by atoms with E-state index in [1.165, 1.54) is 5.69 Å². The Morgan fingerprint density at radius 2 is 1.81 bits per heavy atom. The maximum Gasteiger partial charge on any atom is 0.265 e. The second-order valence-corrected chi connectivity index (χ2v) is 7.66. The van der Waals surface area contributed by atoms with Crippen molar-refractivity contribution >= 4 is 40.5 Å². The van der Waals surface area contributed by atoms with Crippen molar-refractivity contribution in [2.24, 2.45) is 0 Å². The lowest BCUT2D eigenvalue weighted by atomic mass is 10.2. The number of benzene rings is 2. The molecule has 7 heteroatoms. The van der Waals surface area contributed by atoms with Crippen LogP contribution in [-0.2, 0) is 4.79 Å². The maximum absolute atomic E-state index is 12.4. The highest BCUT2D eigenvalue weighted by molar-refractivity contribution is 6.35. The van der Waals surface area contributed by atoms with Gasteiger partial charge in [-0.05, 0) is 49.4 Å². The molecule has 1 atom stereocenters. The molecule has 0 unspecified atom stereocenters. The summed E-state index contributed by atoms with van der Waals surface area (Å²) in [7, 11) is 2.22. The van der Waals surface area contributed by atoms with Gasteiger partial charge >= 0.3 is 0 Å². The molecule has 0 radical (unpaired) electrons. The van der Waals surface area contributed by atoms with E-state index < -0.39 is 6.10 Å². The van der Waals surface area contributed by atoms with E-state index in [4.69, 9.17) is 27.9 Å². The van der Waals surface area contributed by atoms with Crippen LogP contribution in [0.25, 0.3) is 0 Å². The molecule has 1 fully saturated rings. The van der Waals surface area contributed by atoms with Gasteiger partial charge in [0.2, 0.25) is 0 Å². The van der Waals surface area contributed by atoms with Gasteiger partial charge in [-0.3, -0.25) is 4.79 Å². The smallest absolute Gasteiger partial charge is 0.265 e. The van der Waals surface area contributed by atoms with Gasteiger partial charge in [0.25, 0.3) is 5.91 Å². The Balaban J connectivity index is 1.57. The fourth-order valence-corrected chi connectivity index (χ4v) is 3.41. The number of piperazine rings is 1. The summed E-state index contributed by atoms with van der Waals surface area (Å²) in [5.41, 5.74) is 1.92. The van der Waals surface area contributed by atoms with E-state index in [0.29, 0.717) is 15.8 Å². The number of ether oxygens (including phenoxy) is 1. The van der Waals surface area contributed by atoms with Crippen LogP contribution in [0, 0.1) is 0 Å². The number of hydrogen-bond donors (Lipinski definition) is 2. The van der Waals surface area contributed by atoms with Gasteiger partial charge < -0.3 is 19.9 Å². The Bertz CT molecular complexity index is 790. The van der Waals surface area contributed by atoms with Crippen molar-refractivity contribution in [3.8, 4) is 5.75 Å². The first-order valence-electron chi connectivity index (χ1n) is 9.01. The number of hydrogen-bond acceptors (Lipinski definition) is 3. The first-order chi connectivity index (χ1) is 12.9. The number of nitrogens with one attached hydrogen (secondary N) is 2. The largest absolute Gasteiger partial charge is 0.479 e. The van der Waals surface area contributed by atoms with Crippen LogP contribution < -0.4 is 19.9 Å². The van der Waals surface area contributed by atoms with Crippen LogP contribution >= 0.6 is 23.2 Å². The van der Waals surface area contributed by atoms with Gasteiger partial charge in [-0.15, -0.1) is 0 Å². The first kappa shape index (κ1) is 19.8. The molecule has 5 nitrogen and oxygen atoms in total. The zero-order chi connectivity index (χ0) is 19.4. The van der Waals surface area contributed by atoms with E-state index in [1.54, 1.807) is 30.0 Å². The Morgan fingerprint density at radius 1 is 1.15 bits per heavy atom. The van der Waals surface area contributed by atoms with E-state index in [1.807, 2.05) is 24.3 Å². The number of likely N-dealkylation sites (N-methyl/N-ethyl adjacent to an activating group) is 1. The lowest BCUT2D eigenvalue weighted by Crippen LogP contribution is -3.12. The Morgan fingerprint density at radius 3 is 2.44 bits per heavy atom. The normalized spacial score (nSPS) is 16.1. The molecule has 2 aromatic carbocycles. The van der Waals surface area contributed by atoms with Crippen molar-refractivity contribution in [2.45, 2.75) is 13.0 Å². The first-order valence-corrected chi connectivity index (χ1v) is 9.77. The highest BCUT2D eigenvalue weighted by Gasteiger charge is 2.18. The van der Waals surface area contributed by atoms with Crippen LogP contribution in [0.2, 0.25) is 10.0 Å². The molecular formula is C20H24Cl2N3O2+. The molecule has 0 bridgehead atoms. The summed E-state index contributed by atoms with van der Waals surface area (Å²) in [6.45, 7) is 6.05. The summed E-state index contributed by atoms with van der Waals surface area (Å²) in [5.74, 6) is 0.188. The van der Waals surface area contributed by atoms with Crippen LogP contribution in [0.3, 0.4) is 0 Å². The topological polar surface area (TPSA) is 46.0 Å². The summed E-state index contributed by atoms with van der Waals surface area (Å²) in [6, 6.07) is 12.8. The van der Waals surface area contributed by atoms with Crippen LogP contribution in [-0.4, -0.2) is 45.2 Å². The van der Waals surface area contributed by atoms with Crippen LogP contribution in [0.1, 0.15) is 6.92 Å². The molecule has 0 spiro atoms. The lowest BCUT2D eigenvalue weighted by molar-refractivity contribution is -0.880. The van der Waals surface area contributed by atoms with Gasteiger partial charge in [0, 0.05) is 16.4 Å². The summed E-state index contributed by atoms with van der Waals surface area (Å²) >= 11 is 12.0. The molecular weight excluding hydrogens is 385 g/mol. The molecule has 2 aromatic rings. The number of nitrogens with zero attached hydrogens (tertiary/aromatic N) is 1. The number of amides is 1. The Kier molecular flexibility index (Phi) is 6.47. The van der Waals surface area contributed by atoms with Gasteiger partial charge in [-0.2, -0.15) is 0 Å². The molecule has 0 aliphatic carbocycles. The predicted octanol–water partition coefficient (Wildman–Crippen LogP) is 2.73. The zero-order valence-electron chi connectivity index (χ0n) is 15.5. The molecule has 1 amide bonds. The third-order valence-electron chi connectivity index (χ3n) is 4.68. The number of halogens is 2. The monoisotopic (exact) mass is 408 g/mol. The van der Waals surface area contributed by atoms with E-state index >= 15 is 0 Å². The molecule has 0 saturated carbocycles. The second kappa shape index (κ2) is 8.83. The summed E-state index contributed by atoms with van der Waals surface area (Å²) in [6.07, 6.45) is -0.691. The van der Waals surface area contributed by atoms with Crippen molar-refractivity contribution in [2.75, 3.05) is 43.4 Å². The van der Waals surface area contributed by atoms with Crippen molar-refractivity contribution in [3.63, 3.8) is 0 Å². The summed E-state index contributed by atoms with van der Waals surface area (Å²) in [4.78, 5) is 16.3. The van der Waals surface area contributed by atoms with Gasteiger partial charge in [-0.1, -0.05) is 23.2 Å². The third-order valence-corrected chi connectivity index (χ3v) is 5.21. The standard InChI is InChI=1S/C20H23Cl2N3O2/c1-14(27-19-8-3-15(21)13-18(19)22)20(26)23-16-4-6-17(7-5-16)25-11-9-24(2)10-12-25/h3-8,13-14H,9-12H2,1-2H3,(H,23,26)/p+1/t14-/m1/s1. The summed E-state index contributed by atoms with van der Waals surface area (Å²) < 4.78 is 5.65. The molecule has 144 valence electrons. The summed E-state index contributed by atoms with van der Waals surface area (Å²) in [5, 5.41) is 3.77. The van der Waals surface area contributed by atoms with E-state index in [2.05, 4.69) is 17.3 Å². The van der Waals surface area contributed by atoms with Gasteiger partial charge in [0.15, 0.2) is 6.10 Å². The molecule has 27 heavy (non-hydrogen) atoms. The maximum atomic E-state index is 12.4. The van der Waals surface area contributed by atoms with Crippen molar-refractivity contribution in [3.05, 3.63) is 52.5 Å². The second-order valence-electron chi connectivity index (χ2n) is 6.82. The van der Waals surface area contributed by atoms with E-state index in [9.17, 15) is 4.79 Å². The van der Waals surface area contributed by atoms with Crippen molar-refractivity contribution < 1.29 is 14.4 Å². The number of carbonyl (C=O) groups excluding carboxylic acids is 1. The van der Waals surface area contributed by atoms with Crippen LogP contribution in [0.15, 0.2) is 42.5 Å². The molecule has 1 aliphatic rings. The molecule has 1 saturated heterocycles. The van der Waals surface area contributed by atoms with Crippen molar-refractivity contribution in [1.29, 1.82) is 0 Å². The van der Waals surface area contributed by atoms with Crippen LogP contribution in [0.4, 0.5) is 11.4 Å². The average molecular weight is 409 g/mol.